The van der Waals surface area contributed by atoms with Gasteiger partial charge in [0.2, 0.25) is 0 Å². The van der Waals surface area contributed by atoms with E-state index in [2.05, 4.69) is 5.32 Å². The number of rotatable bonds is 6. The summed E-state index contributed by atoms with van der Waals surface area (Å²) in [4.78, 5) is 0. The molecular formula is C16H18ClNO4. The Kier molecular flexibility index (Phi) is 5.22. The van der Waals surface area contributed by atoms with Crippen molar-refractivity contribution in [3.8, 4) is 23.0 Å². The Morgan fingerprint density at radius 2 is 1.41 bits per heavy atom. The van der Waals surface area contributed by atoms with Crippen molar-refractivity contribution in [3.63, 3.8) is 0 Å². The Hall–Kier alpha value is -2.27. The monoisotopic (exact) mass is 323 g/mol. The van der Waals surface area contributed by atoms with Crippen LogP contribution in [0.3, 0.4) is 0 Å². The van der Waals surface area contributed by atoms with Crippen LogP contribution in [0.15, 0.2) is 30.3 Å². The molecule has 22 heavy (non-hydrogen) atoms. The first-order valence-corrected chi connectivity index (χ1v) is 6.92. The molecule has 1 N–H and O–H groups in total. The molecule has 0 unspecified atom stereocenters. The minimum Gasteiger partial charge on any atom is -0.494 e. The number of halogens is 1. The van der Waals surface area contributed by atoms with Gasteiger partial charge in [-0.3, -0.25) is 0 Å². The molecule has 0 saturated heterocycles. The van der Waals surface area contributed by atoms with Crippen LogP contribution in [0.4, 0.5) is 11.4 Å². The van der Waals surface area contributed by atoms with Crippen LogP contribution >= 0.6 is 11.6 Å². The summed E-state index contributed by atoms with van der Waals surface area (Å²) in [5, 5.41) is 3.76. The number of benzene rings is 2. The SMILES string of the molecule is COc1cc(OC)c(OC)cc1Nc1cccc(Cl)c1OC. The highest BCUT2D eigenvalue weighted by Crippen LogP contribution is 2.41. The second kappa shape index (κ2) is 7.13. The van der Waals surface area contributed by atoms with Gasteiger partial charge in [-0.25, -0.2) is 0 Å². The molecule has 0 aliphatic heterocycles. The predicted octanol–water partition coefficient (Wildman–Crippen LogP) is 4.12. The van der Waals surface area contributed by atoms with E-state index in [1.165, 1.54) is 0 Å². The van der Waals surface area contributed by atoms with E-state index in [0.29, 0.717) is 33.7 Å². The van der Waals surface area contributed by atoms with Gasteiger partial charge in [-0.1, -0.05) is 17.7 Å². The van der Waals surface area contributed by atoms with Crippen LogP contribution in [0.1, 0.15) is 0 Å². The van der Waals surface area contributed by atoms with Gasteiger partial charge in [0, 0.05) is 12.1 Å². The van der Waals surface area contributed by atoms with Crippen LogP contribution in [0, 0.1) is 0 Å². The average molecular weight is 324 g/mol. The van der Waals surface area contributed by atoms with Gasteiger partial charge in [-0.2, -0.15) is 0 Å². The molecular weight excluding hydrogens is 306 g/mol. The second-order valence-corrected chi connectivity index (χ2v) is 4.76. The van der Waals surface area contributed by atoms with Crippen LogP contribution in [-0.2, 0) is 0 Å². The number of ether oxygens (including phenoxy) is 4. The number of hydrogen-bond donors (Lipinski definition) is 1. The van der Waals surface area contributed by atoms with Gasteiger partial charge in [0.1, 0.15) is 5.75 Å². The Balaban J connectivity index is 2.47. The van der Waals surface area contributed by atoms with Gasteiger partial charge >= 0.3 is 0 Å². The maximum atomic E-state index is 6.13. The largest absolute Gasteiger partial charge is 0.494 e. The third-order valence-corrected chi connectivity index (χ3v) is 3.44. The lowest BCUT2D eigenvalue weighted by Crippen LogP contribution is -1.99. The fourth-order valence-corrected chi connectivity index (χ4v) is 2.34. The van der Waals surface area contributed by atoms with E-state index in [1.54, 1.807) is 46.6 Å². The van der Waals surface area contributed by atoms with Crippen LogP contribution in [-0.4, -0.2) is 28.4 Å². The highest BCUT2D eigenvalue weighted by Gasteiger charge is 2.14. The Morgan fingerprint density at radius 3 is 2.00 bits per heavy atom. The maximum absolute atomic E-state index is 6.13. The zero-order valence-corrected chi connectivity index (χ0v) is 13.7. The molecule has 0 aliphatic carbocycles. The van der Waals surface area contributed by atoms with E-state index >= 15 is 0 Å². The van der Waals surface area contributed by atoms with E-state index < -0.39 is 0 Å². The first-order valence-electron chi connectivity index (χ1n) is 6.54. The summed E-state index contributed by atoms with van der Waals surface area (Å²) >= 11 is 6.13. The Bertz CT molecular complexity index is 661. The summed E-state index contributed by atoms with van der Waals surface area (Å²) in [5.41, 5.74) is 1.43. The van der Waals surface area contributed by atoms with Crippen molar-refractivity contribution in [2.75, 3.05) is 33.8 Å². The fraction of sp³-hybridized carbons (Fsp3) is 0.250. The summed E-state index contributed by atoms with van der Waals surface area (Å²) in [6.07, 6.45) is 0. The lowest BCUT2D eigenvalue weighted by Gasteiger charge is -2.17. The van der Waals surface area contributed by atoms with Crippen molar-refractivity contribution in [1.29, 1.82) is 0 Å². The lowest BCUT2D eigenvalue weighted by molar-refractivity contribution is 0.349. The third-order valence-electron chi connectivity index (χ3n) is 3.15. The smallest absolute Gasteiger partial charge is 0.164 e. The van der Waals surface area contributed by atoms with Gasteiger partial charge in [-0.15, -0.1) is 0 Å². The van der Waals surface area contributed by atoms with Crippen molar-refractivity contribution < 1.29 is 18.9 Å². The summed E-state index contributed by atoms with van der Waals surface area (Å²) in [6, 6.07) is 8.99. The number of methoxy groups -OCH3 is 4. The molecule has 118 valence electrons. The molecule has 0 fully saturated rings. The normalized spacial score (nSPS) is 10.0. The van der Waals surface area contributed by atoms with Crippen LogP contribution < -0.4 is 24.3 Å². The molecule has 0 spiro atoms. The van der Waals surface area contributed by atoms with Crippen molar-refractivity contribution in [2.45, 2.75) is 0 Å². The molecule has 6 heteroatoms. The second-order valence-electron chi connectivity index (χ2n) is 4.35. The van der Waals surface area contributed by atoms with Crippen molar-refractivity contribution >= 4 is 23.0 Å². The predicted molar refractivity (Wildman–Crippen MR) is 87.4 cm³/mol. The van der Waals surface area contributed by atoms with E-state index in [-0.39, 0.29) is 0 Å². The topological polar surface area (TPSA) is 49.0 Å². The van der Waals surface area contributed by atoms with E-state index in [0.717, 1.165) is 5.69 Å². The van der Waals surface area contributed by atoms with E-state index in [4.69, 9.17) is 30.5 Å². The first-order chi connectivity index (χ1) is 10.6. The number of para-hydroxylation sites is 1. The van der Waals surface area contributed by atoms with Gasteiger partial charge in [0.05, 0.1) is 44.8 Å². The molecule has 0 aromatic heterocycles. The van der Waals surface area contributed by atoms with Crippen LogP contribution in [0.2, 0.25) is 5.02 Å². The molecule has 2 aromatic carbocycles. The van der Waals surface area contributed by atoms with Crippen molar-refractivity contribution in [1.82, 2.24) is 0 Å². The third kappa shape index (κ3) is 3.14. The lowest BCUT2D eigenvalue weighted by atomic mass is 10.2. The van der Waals surface area contributed by atoms with Gasteiger partial charge in [0.15, 0.2) is 17.2 Å². The Labute approximate surface area is 134 Å². The van der Waals surface area contributed by atoms with Crippen molar-refractivity contribution in [2.24, 2.45) is 0 Å². The summed E-state index contributed by atoms with van der Waals surface area (Å²) in [6.45, 7) is 0. The van der Waals surface area contributed by atoms with E-state index in [9.17, 15) is 0 Å². The highest BCUT2D eigenvalue weighted by atomic mass is 35.5. The van der Waals surface area contributed by atoms with Crippen LogP contribution in [0.5, 0.6) is 23.0 Å². The molecule has 0 heterocycles. The number of nitrogens with one attached hydrogen (secondary N) is 1. The zero-order valence-electron chi connectivity index (χ0n) is 12.9. The zero-order chi connectivity index (χ0) is 16.1. The molecule has 0 saturated carbocycles. The maximum Gasteiger partial charge on any atom is 0.164 e. The number of anilines is 2. The molecule has 0 aliphatic rings. The minimum absolute atomic E-state index is 0.520. The average Bonchev–Trinajstić information content (AvgIpc) is 2.54. The quantitative estimate of drug-likeness (QED) is 0.866. The first kappa shape index (κ1) is 16.1. The summed E-state index contributed by atoms with van der Waals surface area (Å²) in [7, 11) is 6.30. The highest BCUT2D eigenvalue weighted by molar-refractivity contribution is 6.32. The molecule has 0 atom stereocenters. The molecule has 2 aromatic rings. The molecule has 2 rings (SSSR count). The van der Waals surface area contributed by atoms with Crippen LogP contribution in [0.25, 0.3) is 0 Å². The van der Waals surface area contributed by atoms with Gasteiger partial charge < -0.3 is 24.3 Å². The van der Waals surface area contributed by atoms with E-state index in [1.807, 2.05) is 12.1 Å². The summed E-state index contributed by atoms with van der Waals surface area (Å²) < 4.78 is 21.3. The molecule has 0 radical (unpaired) electrons. The van der Waals surface area contributed by atoms with Crippen molar-refractivity contribution in [3.05, 3.63) is 35.4 Å². The standard InChI is InChI=1S/C16H18ClNO4/c1-19-13-9-15(21-3)14(20-2)8-12(13)18-11-7-5-6-10(17)16(11)22-4/h5-9,18H,1-4H3. The molecule has 0 bridgehead atoms. The fourth-order valence-electron chi connectivity index (χ4n) is 2.09. The molecule has 0 amide bonds. The summed E-state index contributed by atoms with van der Waals surface area (Å²) in [5.74, 6) is 2.34. The Morgan fingerprint density at radius 1 is 0.773 bits per heavy atom. The molecule has 5 nitrogen and oxygen atoms in total. The minimum atomic E-state index is 0.520. The van der Waals surface area contributed by atoms with Gasteiger partial charge in [-0.05, 0) is 12.1 Å². The number of hydrogen-bond acceptors (Lipinski definition) is 5. The van der Waals surface area contributed by atoms with Gasteiger partial charge in [0.25, 0.3) is 0 Å².